The third-order valence-electron chi connectivity index (χ3n) is 3.08. The zero-order valence-corrected chi connectivity index (χ0v) is 10.4. The molecule has 1 aromatic rings. The number of anilines is 1. The molecular weight excluding hydrogens is 258 g/mol. The lowest BCUT2D eigenvalue weighted by Gasteiger charge is -2.35. The first-order chi connectivity index (χ1) is 9.01. The molecule has 1 aliphatic carbocycles. The molecule has 1 saturated carbocycles. The number of benzene rings is 1. The van der Waals surface area contributed by atoms with Gasteiger partial charge in [0, 0.05) is 18.7 Å². The van der Waals surface area contributed by atoms with E-state index in [-0.39, 0.29) is 17.8 Å². The maximum atomic E-state index is 13.6. The summed E-state index contributed by atoms with van der Waals surface area (Å²) >= 11 is 0. The number of rotatable bonds is 5. The van der Waals surface area contributed by atoms with Gasteiger partial charge in [0.2, 0.25) is 0 Å². The molecule has 1 aromatic carbocycles. The minimum absolute atomic E-state index is 0.0878. The second-order valence-corrected chi connectivity index (χ2v) is 4.43. The van der Waals surface area contributed by atoms with E-state index in [9.17, 15) is 18.9 Å². The summed E-state index contributed by atoms with van der Waals surface area (Å²) in [6, 6.07) is 1.26. The largest absolute Gasteiger partial charge is 0.378 e. The van der Waals surface area contributed by atoms with Gasteiger partial charge in [-0.15, -0.1) is 0 Å². The second kappa shape index (κ2) is 5.48. The SMILES string of the molecule is CCOC1CC(Nc2c(F)cc(F)cc2[N+](=O)[O-])C1. The van der Waals surface area contributed by atoms with Crippen molar-refractivity contribution in [1.82, 2.24) is 0 Å². The van der Waals surface area contributed by atoms with Gasteiger partial charge in [0.05, 0.1) is 17.1 Å². The number of nitrogens with one attached hydrogen (secondary N) is 1. The number of hydrogen-bond donors (Lipinski definition) is 1. The molecular formula is C12H14F2N2O3. The summed E-state index contributed by atoms with van der Waals surface area (Å²) < 4.78 is 31.9. The number of nitro benzene ring substituents is 1. The molecule has 0 spiro atoms. The number of nitro groups is 1. The highest BCUT2D eigenvalue weighted by molar-refractivity contribution is 5.63. The Morgan fingerprint density at radius 3 is 2.74 bits per heavy atom. The summed E-state index contributed by atoms with van der Waals surface area (Å²) in [6.45, 7) is 2.48. The van der Waals surface area contributed by atoms with Crippen LogP contribution in [0.4, 0.5) is 20.2 Å². The lowest BCUT2D eigenvalue weighted by molar-refractivity contribution is -0.384. The first-order valence-electron chi connectivity index (χ1n) is 6.02. The fraction of sp³-hybridized carbons (Fsp3) is 0.500. The van der Waals surface area contributed by atoms with E-state index in [1.54, 1.807) is 0 Å². The predicted molar refractivity (Wildman–Crippen MR) is 65.1 cm³/mol. The highest BCUT2D eigenvalue weighted by atomic mass is 19.1. The predicted octanol–water partition coefficient (Wildman–Crippen LogP) is 2.85. The molecule has 1 N–H and O–H groups in total. The molecule has 0 unspecified atom stereocenters. The van der Waals surface area contributed by atoms with Crippen molar-refractivity contribution in [3.05, 3.63) is 33.9 Å². The van der Waals surface area contributed by atoms with E-state index in [0.29, 0.717) is 31.6 Å². The van der Waals surface area contributed by atoms with Gasteiger partial charge in [0.15, 0.2) is 5.82 Å². The Bertz CT molecular complexity index is 490. The molecule has 0 aliphatic heterocycles. The number of nitrogens with zero attached hydrogens (tertiary/aromatic N) is 1. The smallest absolute Gasteiger partial charge is 0.298 e. The summed E-state index contributed by atoms with van der Waals surface area (Å²) in [5.74, 6) is -1.91. The average Bonchev–Trinajstić information content (AvgIpc) is 2.28. The minimum atomic E-state index is -0.962. The van der Waals surface area contributed by atoms with Gasteiger partial charge in [-0.3, -0.25) is 10.1 Å². The van der Waals surface area contributed by atoms with Gasteiger partial charge in [-0.25, -0.2) is 8.78 Å². The van der Waals surface area contributed by atoms with Crippen LogP contribution in [-0.2, 0) is 4.74 Å². The summed E-state index contributed by atoms with van der Waals surface area (Å²) in [6.07, 6.45) is 1.41. The van der Waals surface area contributed by atoms with Crippen LogP contribution in [0.1, 0.15) is 19.8 Å². The molecule has 1 aliphatic rings. The van der Waals surface area contributed by atoms with E-state index in [1.807, 2.05) is 6.92 Å². The molecule has 0 amide bonds. The Balaban J connectivity index is 2.10. The third-order valence-corrected chi connectivity index (χ3v) is 3.08. The fourth-order valence-corrected chi connectivity index (χ4v) is 2.11. The van der Waals surface area contributed by atoms with Crippen molar-refractivity contribution < 1.29 is 18.4 Å². The van der Waals surface area contributed by atoms with Crippen molar-refractivity contribution in [3.63, 3.8) is 0 Å². The molecule has 0 bridgehead atoms. The van der Waals surface area contributed by atoms with Crippen LogP contribution in [-0.4, -0.2) is 23.7 Å². The van der Waals surface area contributed by atoms with E-state index < -0.39 is 22.2 Å². The molecule has 0 heterocycles. The van der Waals surface area contributed by atoms with Crippen molar-refractivity contribution in [2.45, 2.75) is 31.9 Å². The zero-order chi connectivity index (χ0) is 14.0. The summed E-state index contributed by atoms with van der Waals surface area (Å²) in [5, 5.41) is 13.5. The Kier molecular flexibility index (Phi) is 3.94. The third kappa shape index (κ3) is 2.98. The first kappa shape index (κ1) is 13.7. The number of ether oxygens (including phenoxy) is 1. The molecule has 5 nitrogen and oxygen atoms in total. The molecule has 0 atom stereocenters. The van der Waals surface area contributed by atoms with Crippen LogP contribution in [0.15, 0.2) is 12.1 Å². The molecule has 2 rings (SSSR count). The number of halogens is 2. The Labute approximate surface area is 108 Å². The molecule has 7 heteroatoms. The van der Waals surface area contributed by atoms with Crippen molar-refractivity contribution in [3.8, 4) is 0 Å². The summed E-state index contributed by atoms with van der Waals surface area (Å²) in [5.41, 5.74) is -0.844. The summed E-state index contributed by atoms with van der Waals surface area (Å²) in [7, 11) is 0. The lowest BCUT2D eigenvalue weighted by Crippen LogP contribution is -2.41. The highest BCUT2D eigenvalue weighted by Gasteiger charge is 2.32. The lowest BCUT2D eigenvalue weighted by atomic mass is 9.89. The van der Waals surface area contributed by atoms with Crippen molar-refractivity contribution in [2.24, 2.45) is 0 Å². The van der Waals surface area contributed by atoms with Crippen molar-refractivity contribution in [2.75, 3.05) is 11.9 Å². The monoisotopic (exact) mass is 272 g/mol. The van der Waals surface area contributed by atoms with Crippen LogP contribution in [0.5, 0.6) is 0 Å². The minimum Gasteiger partial charge on any atom is -0.378 e. The highest BCUT2D eigenvalue weighted by Crippen LogP contribution is 2.33. The summed E-state index contributed by atoms with van der Waals surface area (Å²) in [4.78, 5) is 9.99. The fourth-order valence-electron chi connectivity index (χ4n) is 2.11. The van der Waals surface area contributed by atoms with Crippen LogP contribution in [0.25, 0.3) is 0 Å². The van der Waals surface area contributed by atoms with Gasteiger partial charge in [0.1, 0.15) is 11.5 Å². The molecule has 19 heavy (non-hydrogen) atoms. The van der Waals surface area contributed by atoms with E-state index in [4.69, 9.17) is 4.74 Å². The van der Waals surface area contributed by atoms with Crippen molar-refractivity contribution >= 4 is 11.4 Å². The van der Waals surface area contributed by atoms with Crippen LogP contribution < -0.4 is 5.32 Å². The molecule has 104 valence electrons. The van der Waals surface area contributed by atoms with Gasteiger partial charge in [-0.2, -0.15) is 0 Å². The second-order valence-electron chi connectivity index (χ2n) is 4.43. The molecule has 1 fully saturated rings. The standard InChI is InChI=1S/C12H14F2N2O3/c1-2-19-9-5-8(6-9)15-12-10(14)3-7(13)4-11(12)16(17)18/h3-4,8-9,15H,2,5-6H2,1H3. The van der Waals surface area contributed by atoms with Gasteiger partial charge >= 0.3 is 0 Å². The average molecular weight is 272 g/mol. The van der Waals surface area contributed by atoms with Crippen molar-refractivity contribution in [1.29, 1.82) is 0 Å². The Morgan fingerprint density at radius 1 is 1.47 bits per heavy atom. The Morgan fingerprint density at radius 2 is 2.16 bits per heavy atom. The van der Waals surface area contributed by atoms with Gasteiger partial charge in [-0.05, 0) is 19.8 Å². The molecule has 0 saturated heterocycles. The molecule has 0 radical (unpaired) electrons. The van der Waals surface area contributed by atoms with Gasteiger partial charge < -0.3 is 10.1 Å². The Hall–Kier alpha value is -1.76. The van der Waals surface area contributed by atoms with Crippen LogP contribution >= 0.6 is 0 Å². The van der Waals surface area contributed by atoms with Crippen LogP contribution in [0.3, 0.4) is 0 Å². The normalized spacial score (nSPS) is 21.8. The zero-order valence-electron chi connectivity index (χ0n) is 10.4. The van der Waals surface area contributed by atoms with Gasteiger partial charge in [0.25, 0.3) is 5.69 Å². The van der Waals surface area contributed by atoms with Crippen LogP contribution in [0.2, 0.25) is 0 Å². The van der Waals surface area contributed by atoms with E-state index in [2.05, 4.69) is 5.32 Å². The molecule has 0 aromatic heterocycles. The van der Waals surface area contributed by atoms with E-state index in [0.717, 1.165) is 0 Å². The first-order valence-corrected chi connectivity index (χ1v) is 6.02. The van der Waals surface area contributed by atoms with E-state index in [1.165, 1.54) is 0 Å². The van der Waals surface area contributed by atoms with Gasteiger partial charge in [-0.1, -0.05) is 0 Å². The maximum absolute atomic E-state index is 13.6. The van der Waals surface area contributed by atoms with Crippen LogP contribution in [0, 0.1) is 21.7 Å². The quantitative estimate of drug-likeness (QED) is 0.661. The van der Waals surface area contributed by atoms with E-state index >= 15 is 0 Å². The topological polar surface area (TPSA) is 64.4 Å². The maximum Gasteiger partial charge on any atom is 0.298 e. The number of hydrogen-bond acceptors (Lipinski definition) is 4.